The van der Waals surface area contributed by atoms with Crippen LogP contribution in [0.4, 0.5) is 17.1 Å². The van der Waals surface area contributed by atoms with Crippen molar-refractivity contribution >= 4 is 71.2 Å². The van der Waals surface area contributed by atoms with E-state index in [-0.39, 0.29) is 0 Å². The van der Waals surface area contributed by atoms with Gasteiger partial charge in [-0.25, -0.2) is 0 Å². The highest BCUT2D eigenvalue weighted by atomic mass is 15.1. The highest BCUT2D eigenvalue weighted by molar-refractivity contribution is 6.25. The van der Waals surface area contributed by atoms with Crippen LogP contribution in [0.3, 0.4) is 0 Å². The number of fused-ring (bicyclic) bond motifs is 3. The van der Waals surface area contributed by atoms with E-state index in [1.807, 2.05) is 0 Å². The number of aromatic nitrogens is 1. The first-order chi connectivity index (χ1) is 29.7. The Morgan fingerprint density at radius 2 is 0.700 bits per heavy atom. The fraction of sp³-hybridized carbons (Fsp3) is 0. The number of para-hydroxylation sites is 2. The van der Waals surface area contributed by atoms with Crippen molar-refractivity contribution in [1.82, 2.24) is 4.57 Å². The lowest BCUT2D eigenvalue weighted by atomic mass is 9.90. The van der Waals surface area contributed by atoms with Crippen LogP contribution in [-0.4, -0.2) is 4.57 Å². The first-order valence-corrected chi connectivity index (χ1v) is 20.7. The van der Waals surface area contributed by atoms with Gasteiger partial charge in [-0.1, -0.05) is 152 Å². The Kier molecular flexibility index (Phi) is 7.89. The molecule has 0 bridgehead atoms. The van der Waals surface area contributed by atoms with E-state index in [0.717, 1.165) is 17.1 Å². The minimum absolute atomic E-state index is 1.11. The molecule has 0 unspecified atom stereocenters. The Morgan fingerprint density at radius 3 is 1.25 bits per heavy atom. The van der Waals surface area contributed by atoms with Crippen LogP contribution in [0.25, 0.3) is 93.2 Å². The molecule has 11 aromatic carbocycles. The maximum absolute atomic E-state index is 2.39. The summed E-state index contributed by atoms with van der Waals surface area (Å²) in [5, 5.41) is 10.1. The second-order valence-corrected chi connectivity index (χ2v) is 15.8. The van der Waals surface area contributed by atoms with Gasteiger partial charge in [0.2, 0.25) is 0 Å². The molecule has 1 aromatic heterocycles. The van der Waals surface area contributed by atoms with Crippen LogP contribution in [0.2, 0.25) is 0 Å². The molecule has 60 heavy (non-hydrogen) atoms. The normalized spacial score (nSPS) is 11.7. The molecule has 0 N–H and O–H groups in total. The zero-order valence-corrected chi connectivity index (χ0v) is 32.8. The van der Waals surface area contributed by atoms with E-state index in [1.54, 1.807) is 0 Å². The summed E-state index contributed by atoms with van der Waals surface area (Å²) in [6.45, 7) is 0. The maximum Gasteiger partial charge on any atom is 0.0541 e. The van der Waals surface area contributed by atoms with Crippen molar-refractivity contribution < 1.29 is 0 Å². The molecule has 1 heterocycles. The fourth-order valence-corrected chi connectivity index (χ4v) is 9.44. The largest absolute Gasteiger partial charge is 0.310 e. The number of hydrogen-bond acceptors (Lipinski definition) is 1. The first kappa shape index (κ1) is 34.1. The molecule has 0 saturated carbocycles. The molecule has 0 fully saturated rings. The minimum Gasteiger partial charge on any atom is -0.310 e. The van der Waals surface area contributed by atoms with Crippen molar-refractivity contribution in [3.05, 3.63) is 231 Å². The fourth-order valence-electron chi connectivity index (χ4n) is 9.44. The highest BCUT2D eigenvalue weighted by Gasteiger charge is 2.19. The van der Waals surface area contributed by atoms with Crippen LogP contribution in [0, 0.1) is 0 Å². The van der Waals surface area contributed by atoms with Gasteiger partial charge in [-0.3, -0.25) is 0 Å². The first-order valence-electron chi connectivity index (χ1n) is 20.7. The van der Waals surface area contributed by atoms with Gasteiger partial charge < -0.3 is 9.47 Å². The molecule has 0 aliphatic rings. The van der Waals surface area contributed by atoms with E-state index in [1.165, 1.54) is 93.2 Å². The molecule has 0 aliphatic carbocycles. The van der Waals surface area contributed by atoms with Crippen molar-refractivity contribution in [2.45, 2.75) is 0 Å². The van der Waals surface area contributed by atoms with Gasteiger partial charge in [-0.2, -0.15) is 0 Å². The molecular weight excluding hydrogens is 725 g/mol. The Labute approximate surface area is 348 Å². The van der Waals surface area contributed by atoms with Crippen molar-refractivity contribution in [2.75, 3.05) is 4.90 Å². The number of rotatable bonds is 7. The van der Waals surface area contributed by atoms with Crippen LogP contribution in [-0.2, 0) is 0 Å². The summed E-state index contributed by atoms with van der Waals surface area (Å²) in [6, 6.07) is 84.2. The van der Waals surface area contributed by atoms with E-state index in [9.17, 15) is 0 Å². The monoisotopic (exact) mass is 762 g/mol. The van der Waals surface area contributed by atoms with Gasteiger partial charge in [0.25, 0.3) is 0 Å². The number of benzene rings is 11. The van der Waals surface area contributed by atoms with E-state index in [2.05, 4.69) is 240 Å². The zero-order chi connectivity index (χ0) is 39.6. The van der Waals surface area contributed by atoms with Crippen molar-refractivity contribution in [1.29, 1.82) is 0 Å². The standard InChI is InChI=1S/C58H38N2/c1-4-12-39(13-5-1)41-24-29-50(30-25-41)59(51-31-26-42(27-32-51)40-14-6-2-7-15-40)52-36-46-22-20-44-34-48(35-45-21-23-47(37-52)58(46)57(44)45)43-28-33-56-54(38-43)53-18-10-11-19-55(53)60(56)49-16-8-3-9-17-49/h1-38H. The number of anilines is 3. The van der Waals surface area contributed by atoms with Gasteiger partial charge in [-0.15, -0.1) is 0 Å². The lowest BCUT2D eigenvalue weighted by Gasteiger charge is -2.27. The van der Waals surface area contributed by atoms with Crippen LogP contribution in [0.15, 0.2) is 231 Å². The molecule has 0 amide bonds. The van der Waals surface area contributed by atoms with Gasteiger partial charge in [0.1, 0.15) is 0 Å². The summed E-state index contributed by atoms with van der Waals surface area (Å²) in [4.78, 5) is 2.39. The van der Waals surface area contributed by atoms with E-state index in [4.69, 9.17) is 0 Å². The molecule has 2 heteroatoms. The third kappa shape index (κ3) is 5.65. The second kappa shape index (κ2) is 13.9. The van der Waals surface area contributed by atoms with Gasteiger partial charge >= 0.3 is 0 Å². The molecule has 0 spiro atoms. The zero-order valence-electron chi connectivity index (χ0n) is 32.8. The Morgan fingerprint density at radius 1 is 0.267 bits per heavy atom. The van der Waals surface area contributed by atoms with Gasteiger partial charge in [0, 0.05) is 33.5 Å². The summed E-state index contributed by atoms with van der Waals surface area (Å²) in [5.74, 6) is 0. The predicted octanol–water partition coefficient (Wildman–Crippen LogP) is 16.2. The average molecular weight is 763 g/mol. The van der Waals surface area contributed by atoms with Crippen molar-refractivity contribution in [2.24, 2.45) is 0 Å². The highest BCUT2D eigenvalue weighted by Crippen LogP contribution is 2.44. The summed E-state index contributed by atoms with van der Waals surface area (Å²) in [6.07, 6.45) is 0. The summed E-state index contributed by atoms with van der Waals surface area (Å²) < 4.78 is 2.38. The molecule has 0 saturated heterocycles. The topological polar surface area (TPSA) is 8.17 Å². The molecule has 0 aliphatic heterocycles. The lowest BCUT2D eigenvalue weighted by molar-refractivity contribution is 1.18. The molecule has 280 valence electrons. The van der Waals surface area contributed by atoms with Crippen LogP contribution in [0.1, 0.15) is 0 Å². The quantitative estimate of drug-likeness (QED) is 0.147. The van der Waals surface area contributed by atoms with E-state index in [0.29, 0.717) is 0 Å². The minimum atomic E-state index is 1.11. The predicted molar refractivity (Wildman–Crippen MR) is 255 cm³/mol. The van der Waals surface area contributed by atoms with Gasteiger partial charge in [0.15, 0.2) is 0 Å². The SMILES string of the molecule is c1ccc(-c2ccc(N(c3ccc(-c4ccccc4)cc3)c3cc4ccc5cc(-c6ccc7c(c6)c6ccccc6n7-c6ccccc6)cc6ccc(c3)c4c56)cc2)cc1. The molecule has 12 rings (SSSR count). The van der Waals surface area contributed by atoms with Crippen LogP contribution >= 0.6 is 0 Å². The third-order valence-electron chi connectivity index (χ3n) is 12.3. The van der Waals surface area contributed by atoms with Crippen molar-refractivity contribution in [3.8, 4) is 39.1 Å². The van der Waals surface area contributed by atoms with E-state index < -0.39 is 0 Å². The smallest absolute Gasteiger partial charge is 0.0541 e. The molecule has 0 atom stereocenters. The summed E-state index contributed by atoms with van der Waals surface area (Å²) in [7, 11) is 0. The molecular formula is C58H38N2. The maximum atomic E-state index is 2.39. The van der Waals surface area contributed by atoms with Gasteiger partial charge in [0.05, 0.1) is 11.0 Å². The second-order valence-electron chi connectivity index (χ2n) is 15.8. The average Bonchev–Trinajstić information content (AvgIpc) is 3.66. The Hall–Kier alpha value is -7.94. The van der Waals surface area contributed by atoms with E-state index >= 15 is 0 Å². The number of hydrogen-bond donors (Lipinski definition) is 0. The summed E-state index contributed by atoms with van der Waals surface area (Å²) >= 11 is 0. The number of nitrogens with zero attached hydrogens (tertiary/aromatic N) is 2. The molecule has 2 nitrogen and oxygen atoms in total. The third-order valence-corrected chi connectivity index (χ3v) is 12.3. The molecule has 12 aromatic rings. The summed E-state index contributed by atoms with van der Waals surface area (Å²) in [5.41, 5.74) is 14.2. The van der Waals surface area contributed by atoms with Crippen molar-refractivity contribution in [3.63, 3.8) is 0 Å². The van der Waals surface area contributed by atoms with Gasteiger partial charge in [-0.05, 0) is 145 Å². The molecule has 0 radical (unpaired) electrons. The van der Waals surface area contributed by atoms with Crippen LogP contribution in [0.5, 0.6) is 0 Å². The Balaban J connectivity index is 0.971. The Bertz CT molecular complexity index is 3350. The lowest BCUT2D eigenvalue weighted by Crippen LogP contribution is -2.10. The van der Waals surface area contributed by atoms with Crippen LogP contribution < -0.4 is 4.90 Å².